The number of carbonyl (C=O) groups excluding carboxylic acids is 2. The van der Waals surface area contributed by atoms with Crippen LogP contribution in [-0.2, 0) is 4.79 Å². The molecule has 4 rings (SSSR count). The van der Waals surface area contributed by atoms with Gasteiger partial charge in [-0.05, 0) is 77.7 Å². The maximum Gasteiger partial charge on any atom is 0.307 e. The number of rotatable bonds is 7. The van der Waals surface area contributed by atoms with Crippen LogP contribution in [0, 0.1) is 25.1 Å². The lowest BCUT2D eigenvalue weighted by atomic mass is 9.75. The SMILES string of the molecule is Cc1cc(Oc2c(C)cc(C(=O)N[C@H](C)C(=O)N3[C@H](C4(C)C=C(Cl)C=CC4)CC[C@@H]3C(C)(C)O)cc2F)c(=O)[nH]n1. The summed E-state index contributed by atoms with van der Waals surface area (Å²) in [4.78, 5) is 40.8. The standard InChI is InChI=1S/C30H36ClFN4O5/c1-16-12-19(14-21(32)25(16)41-22-13-17(2)34-35-27(22)38)26(37)33-18(3)28(39)36-23(29(4,5)40)9-10-24(36)30(6)11-7-8-20(31)15-30/h7-8,12-15,18,23-24,40H,9-11H2,1-6H3,(H,33,37)(H,35,38)/t18-,23-,24+,30?/m1/s1. The predicted octanol–water partition coefficient (Wildman–Crippen LogP) is 4.66. The molecule has 2 aromatic rings. The van der Waals surface area contributed by atoms with E-state index in [0.717, 1.165) is 6.07 Å². The van der Waals surface area contributed by atoms with Crippen molar-refractivity contribution in [2.24, 2.45) is 5.41 Å². The molecule has 41 heavy (non-hydrogen) atoms. The molecule has 1 fully saturated rings. The van der Waals surface area contributed by atoms with Crippen LogP contribution >= 0.6 is 11.6 Å². The minimum Gasteiger partial charge on any atom is -0.448 e. The van der Waals surface area contributed by atoms with E-state index < -0.39 is 40.4 Å². The van der Waals surface area contributed by atoms with Crippen LogP contribution in [0.5, 0.6) is 11.5 Å². The highest BCUT2D eigenvalue weighted by atomic mass is 35.5. The number of aliphatic hydroxyl groups is 1. The maximum atomic E-state index is 15.1. The average Bonchev–Trinajstić information content (AvgIpc) is 3.34. The number of hydrogen-bond acceptors (Lipinski definition) is 6. The zero-order valence-corrected chi connectivity index (χ0v) is 24.8. The third-order valence-corrected chi connectivity index (χ3v) is 8.07. The van der Waals surface area contributed by atoms with Gasteiger partial charge in [-0.25, -0.2) is 9.49 Å². The van der Waals surface area contributed by atoms with Crippen molar-refractivity contribution >= 4 is 23.4 Å². The van der Waals surface area contributed by atoms with Crippen LogP contribution in [0.4, 0.5) is 4.39 Å². The molecule has 0 bridgehead atoms. The molecule has 220 valence electrons. The summed E-state index contributed by atoms with van der Waals surface area (Å²) in [6.45, 7) is 10.1. The molecule has 4 atom stereocenters. The summed E-state index contributed by atoms with van der Waals surface area (Å²) in [6.07, 6.45) is 7.69. The highest BCUT2D eigenvalue weighted by molar-refractivity contribution is 6.31. The number of amides is 2. The van der Waals surface area contributed by atoms with E-state index in [0.29, 0.717) is 30.0 Å². The summed E-state index contributed by atoms with van der Waals surface area (Å²) in [5.74, 6) is -2.17. The molecule has 1 saturated heterocycles. The van der Waals surface area contributed by atoms with Gasteiger partial charge in [0, 0.05) is 28.1 Å². The van der Waals surface area contributed by atoms with Gasteiger partial charge in [-0.1, -0.05) is 30.7 Å². The summed E-state index contributed by atoms with van der Waals surface area (Å²) in [5, 5.41) is 20.3. The zero-order chi connectivity index (χ0) is 30.3. The first-order valence-corrected chi connectivity index (χ1v) is 13.9. The van der Waals surface area contributed by atoms with Gasteiger partial charge in [0.25, 0.3) is 5.91 Å². The van der Waals surface area contributed by atoms with Crippen LogP contribution in [0.3, 0.4) is 0 Å². The fourth-order valence-electron chi connectivity index (χ4n) is 5.76. The van der Waals surface area contributed by atoms with Gasteiger partial charge in [-0.15, -0.1) is 0 Å². The van der Waals surface area contributed by atoms with Gasteiger partial charge in [0.15, 0.2) is 17.3 Å². The molecule has 2 amide bonds. The number of carbonyl (C=O) groups is 2. The molecule has 0 radical (unpaired) electrons. The summed E-state index contributed by atoms with van der Waals surface area (Å²) >= 11 is 6.33. The Morgan fingerprint density at radius 2 is 2.00 bits per heavy atom. The minimum atomic E-state index is -1.17. The minimum absolute atomic E-state index is 0.0112. The molecule has 1 aromatic heterocycles. The number of likely N-dealkylation sites (tertiary alicyclic amines) is 1. The molecule has 1 aromatic carbocycles. The van der Waals surface area contributed by atoms with Crippen molar-refractivity contribution in [2.75, 3.05) is 0 Å². The lowest BCUT2D eigenvalue weighted by Crippen LogP contribution is -2.59. The second-order valence-corrected chi connectivity index (χ2v) is 12.2. The molecule has 11 heteroatoms. The topological polar surface area (TPSA) is 125 Å². The summed E-state index contributed by atoms with van der Waals surface area (Å²) in [5.41, 5.74) is -1.49. The monoisotopic (exact) mass is 586 g/mol. The number of nitrogens with zero attached hydrogens (tertiary/aromatic N) is 2. The van der Waals surface area contributed by atoms with E-state index in [1.165, 1.54) is 12.1 Å². The molecule has 3 N–H and O–H groups in total. The van der Waals surface area contributed by atoms with E-state index in [9.17, 15) is 19.5 Å². The van der Waals surface area contributed by atoms with Gasteiger partial charge >= 0.3 is 5.56 Å². The lowest BCUT2D eigenvalue weighted by Gasteiger charge is -2.44. The van der Waals surface area contributed by atoms with E-state index in [4.69, 9.17) is 16.3 Å². The first kappa shape index (κ1) is 30.5. The molecule has 1 aliphatic carbocycles. The number of benzene rings is 1. The lowest BCUT2D eigenvalue weighted by molar-refractivity contribution is -0.143. The van der Waals surface area contributed by atoms with Crippen molar-refractivity contribution in [2.45, 2.75) is 84.5 Å². The number of aromatic amines is 1. The molecular weight excluding hydrogens is 551 g/mol. The second kappa shape index (κ2) is 11.4. The molecule has 0 spiro atoms. The van der Waals surface area contributed by atoms with E-state index in [2.05, 4.69) is 15.5 Å². The third-order valence-electron chi connectivity index (χ3n) is 7.84. The first-order chi connectivity index (χ1) is 19.1. The number of allylic oxidation sites excluding steroid dienone is 3. The van der Waals surface area contributed by atoms with Gasteiger partial charge < -0.3 is 20.1 Å². The Morgan fingerprint density at radius 3 is 2.63 bits per heavy atom. The van der Waals surface area contributed by atoms with E-state index in [-0.39, 0.29) is 34.6 Å². The summed E-state index contributed by atoms with van der Waals surface area (Å²) < 4.78 is 20.6. The summed E-state index contributed by atoms with van der Waals surface area (Å²) in [7, 11) is 0. The molecule has 1 aliphatic heterocycles. The number of ether oxygens (including phenoxy) is 1. The molecule has 9 nitrogen and oxygen atoms in total. The van der Waals surface area contributed by atoms with E-state index in [1.807, 2.05) is 25.2 Å². The Balaban J connectivity index is 1.55. The zero-order valence-electron chi connectivity index (χ0n) is 24.0. The number of halogens is 2. The van der Waals surface area contributed by atoms with Crippen molar-refractivity contribution < 1.29 is 23.8 Å². The molecule has 2 aliphatic rings. The fourth-order valence-corrected chi connectivity index (χ4v) is 6.10. The second-order valence-electron chi connectivity index (χ2n) is 11.8. The quantitative estimate of drug-likeness (QED) is 0.434. The van der Waals surface area contributed by atoms with Crippen molar-refractivity contribution in [3.05, 3.63) is 74.5 Å². The van der Waals surface area contributed by atoms with Crippen LogP contribution < -0.4 is 15.6 Å². The number of aryl methyl sites for hydroxylation is 2. The number of nitrogens with one attached hydrogen (secondary N) is 2. The largest absolute Gasteiger partial charge is 0.448 e. The molecular formula is C30H36ClFN4O5. The smallest absolute Gasteiger partial charge is 0.307 e. The van der Waals surface area contributed by atoms with Crippen LogP contribution in [0.1, 0.15) is 68.6 Å². The van der Waals surface area contributed by atoms with Gasteiger partial charge in [0.1, 0.15) is 6.04 Å². The van der Waals surface area contributed by atoms with Gasteiger partial charge in [-0.2, -0.15) is 5.10 Å². The van der Waals surface area contributed by atoms with Crippen LogP contribution in [0.2, 0.25) is 0 Å². The number of aromatic nitrogens is 2. The average molecular weight is 587 g/mol. The number of hydrogen-bond donors (Lipinski definition) is 3. The Bertz CT molecular complexity index is 1460. The van der Waals surface area contributed by atoms with Gasteiger partial charge in [-0.3, -0.25) is 14.4 Å². The van der Waals surface area contributed by atoms with Crippen molar-refractivity contribution in [3.63, 3.8) is 0 Å². The van der Waals surface area contributed by atoms with Crippen molar-refractivity contribution in [1.29, 1.82) is 0 Å². The Hall–Kier alpha value is -3.50. The fraction of sp³-hybridized carbons (Fsp3) is 0.467. The van der Waals surface area contributed by atoms with Crippen molar-refractivity contribution in [1.82, 2.24) is 20.4 Å². The van der Waals surface area contributed by atoms with E-state index >= 15 is 4.39 Å². The summed E-state index contributed by atoms with van der Waals surface area (Å²) in [6, 6.07) is 2.12. The highest BCUT2D eigenvalue weighted by Crippen LogP contribution is 2.45. The predicted molar refractivity (Wildman–Crippen MR) is 153 cm³/mol. The highest BCUT2D eigenvalue weighted by Gasteiger charge is 2.50. The normalized spacial score (nSPS) is 23.2. The Morgan fingerprint density at radius 1 is 1.29 bits per heavy atom. The van der Waals surface area contributed by atoms with Crippen LogP contribution in [0.25, 0.3) is 0 Å². The van der Waals surface area contributed by atoms with Crippen LogP contribution in [-0.4, -0.2) is 55.7 Å². The third kappa shape index (κ3) is 6.38. The van der Waals surface area contributed by atoms with Crippen molar-refractivity contribution in [3.8, 4) is 11.5 Å². The van der Waals surface area contributed by atoms with Crippen LogP contribution in [0.15, 0.2) is 46.3 Å². The Labute approximate surface area is 243 Å². The van der Waals surface area contributed by atoms with Gasteiger partial charge in [0.2, 0.25) is 5.91 Å². The maximum absolute atomic E-state index is 15.1. The Kier molecular flexibility index (Phi) is 8.47. The molecule has 2 heterocycles. The molecule has 0 saturated carbocycles. The first-order valence-electron chi connectivity index (χ1n) is 13.6. The molecule has 1 unspecified atom stereocenters. The number of H-pyrrole nitrogens is 1. The van der Waals surface area contributed by atoms with E-state index in [1.54, 1.807) is 39.5 Å². The van der Waals surface area contributed by atoms with Gasteiger partial charge in [0.05, 0.1) is 17.3 Å².